The Bertz CT molecular complexity index is 452. The SMILES string of the molecule is CCOC(=O)Cc1ccc(C#N)c(CCCCl)c1. The highest BCUT2D eigenvalue weighted by atomic mass is 35.5. The number of nitriles is 1. The summed E-state index contributed by atoms with van der Waals surface area (Å²) in [5.74, 6) is 0.318. The van der Waals surface area contributed by atoms with Crippen LogP contribution in [0.4, 0.5) is 0 Å². The van der Waals surface area contributed by atoms with Crippen LogP contribution in [-0.2, 0) is 22.4 Å². The van der Waals surface area contributed by atoms with Crippen molar-refractivity contribution < 1.29 is 9.53 Å². The van der Waals surface area contributed by atoms with Crippen LogP contribution >= 0.6 is 11.6 Å². The minimum absolute atomic E-state index is 0.243. The summed E-state index contributed by atoms with van der Waals surface area (Å²) in [4.78, 5) is 11.4. The highest BCUT2D eigenvalue weighted by Gasteiger charge is 2.07. The highest BCUT2D eigenvalue weighted by Crippen LogP contribution is 2.14. The zero-order valence-corrected chi connectivity index (χ0v) is 11.2. The van der Waals surface area contributed by atoms with E-state index >= 15 is 0 Å². The standard InChI is InChI=1S/C14H16ClNO2/c1-2-18-14(17)9-11-5-6-13(10-16)12(8-11)4-3-7-15/h5-6,8H,2-4,7,9H2,1H3. The van der Waals surface area contributed by atoms with Gasteiger partial charge in [0.15, 0.2) is 0 Å². The molecule has 18 heavy (non-hydrogen) atoms. The quantitative estimate of drug-likeness (QED) is 0.587. The number of rotatable bonds is 6. The summed E-state index contributed by atoms with van der Waals surface area (Å²) in [7, 11) is 0. The van der Waals surface area contributed by atoms with Gasteiger partial charge in [-0.2, -0.15) is 5.26 Å². The van der Waals surface area contributed by atoms with Crippen molar-refractivity contribution in [3.63, 3.8) is 0 Å². The third-order valence-corrected chi connectivity index (χ3v) is 2.79. The Hall–Kier alpha value is -1.53. The van der Waals surface area contributed by atoms with E-state index in [0.717, 1.165) is 24.0 Å². The van der Waals surface area contributed by atoms with Gasteiger partial charge in [-0.1, -0.05) is 12.1 Å². The van der Waals surface area contributed by atoms with Crippen molar-refractivity contribution in [3.8, 4) is 6.07 Å². The Morgan fingerprint density at radius 1 is 1.50 bits per heavy atom. The molecule has 3 nitrogen and oxygen atoms in total. The molecule has 0 aromatic heterocycles. The van der Waals surface area contributed by atoms with Crippen LogP contribution in [0.2, 0.25) is 0 Å². The fourth-order valence-electron chi connectivity index (χ4n) is 1.71. The number of hydrogen-bond donors (Lipinski definition) is 0. The van der Waals surface area contributed by atoms with E-state index < -0.39 is 0 Å². The van der Waals surface area contributed by atoms with E-state index in [2.05, 4.69) is 6.07 Å². The van der Waals surface area contributed by atoms with Crippen molar-refractivity contribution in [3.05, 3.63) is 34.9 Å². The van der Waals surface area contributed by atoms with Crippen molar-refractivity contribution in [2.24, 2.45) is 0 Å². The number of aryl methyl sites for hydroxylation is 1. The minimum atomic E-state index is -0.245. The Kier molecular flexibility index (Phi) is 6.24. The first-order valence-corrected chi connectivity index (χ1v) is 6.48. The lowest BCUT2D eigenvalue weighted by atomic mass is 9.99. The molecule has 0 bridgehead atoms. The highest BCUT2D eigenvalue weighted by molar-refractivity contribution is 6.17. The number of nitrogens with zero attached hydrogens (tertiary/aromatic N) is 1. The molecule has 0 fully saturated rings. The van der Waals surface area contributed by atoms with Gasteiger partial charge in [0.2, 0.25) is 0 Å². The average Bonchev–Trinajstić information content (AvgIpc) is 2.36. The first-order valence-electron chi connectivity index (χ1n) is 5.94. The number of hydrogen-bond acceptors (Lipinski definition) is 3. The Labute approximate surface area is 112 Å². The van der Waals surface area contributed by atoms with Crippen LogP contribution in [0.15, 0.2) is 18.2 Å². The monoisotopic (exact) mass is 265 g/mol. The van der Waals surface area contributed by atoms with Crippen molar-refractivity contribution >= 4 is 17.6 Å². The van der Waals surface area contributed by atoms with Crippen molar-refractivity contribution in [2.75, 3.05) is 12.5 Å². The molecule has 0 aliphatic carbocycles. The molecule has 0 heterocycles. The fourth-order valence-corrected chi connectivity index (χ4v) is 1.84. The van der Waals surface area contributed by atoms with E-state index in [0.29, 0.717) is 18.1 Å². The van der Waals surface area contributed by atoms with Gasteiger partial charge in [-0.15, -0.1) is 11.6 Å². The molecule has 0 spiro atoms. The number of esters is 1. The second kappa shape index (κ2) is 7.73. The maximum absolute atomic E-state index is 11.4. The lowest BCUT2D eigenvalue weighted by Crippen LogP contribution is -2.08. The predicted octanol–water partition coefficient (Wildman–Crippen LogP) is 2.84. The predicted molar refractivity (Wildman–Crippen MR) is 70.5 cm³/mol. The first-order chi connectivity index (χ1) is 8.71. The first kappa shape index (κ1) is 14.5. The van der Waals surface area contributed by atoms with E-state index in [1.807, 2.05) is 6.07 Å². The van der Waals surface area contributed by atoms with Crippen LogP contribution in [0.3, 0.4) is 0 Å². The van der Waals surface area contributed by atoms with Crippen LogP contribution in [0.5, 0.6) is 0 Å². The molecule has 1 aromatic carbocycles. The van der Waals surface area contributed by atoms with Crippen LogP contribution in [-0.4, -0.2) is 18.5 Å². The van der Waals surface area contributed by atoms with Gasteiger partial charge >= 0.3 is 5.97 Å². The third kappa shape index (κ3) is 4.38. The molecule has 0 N–H and O–H groups in total. The second-order valence-corrected chi connectivity index (χ2v) is 4.26. The summed E-state index contributed by atoms with van der Waals surface area (Å²) in [5.41, 5.74) is 2.46. The molecule has 0 saturated carbocycles. The van der Waals surface area contributed by atoms with E-state index in [1.165, 1.54) is 0 Å². The van der Waals surface area contributed by atoms with E-state index in [4.69, 9.17) is 21.6 Å². The zero-order chi connectivity index (χ0) is 13.4. The third-order valence-electron chi connectivity index (χ3n) is 2.52. The Balaban J connectivity index is 2.82. The maximum Gasteiger partial charge on any atom is 0.310 e. The molecule has 0 atom stereocenters. The van der Waals surface area contributed by atoms with Crippen molar-refractivity contribution in [1.82, 2.24) is 0 Å². The number of ether oxygens (including phenoxy) is 1. The molecule has 0 amide bonds. The van der Waals surface area contributed by atoms with E-state index in [-0.39, 0.29) is 12.4 Å². The average molecular weight is 266 g/mol. The van der Waals surface area contributed by atoms with Gasteiger partial charge < -0.3 is 4.74 Å². The summed E-state index contributed by atoms with van der Waals surface area (Å²) < 4.78 is 4.90. The van der Waals surface area contributed by atoms with Gasteiger partial charge in [0.1, 0.15) is 0 Å². The molecule has 0 unspecified atom stereocenters. The van der Waals surface area contributed by atoms with Gasteiger partial charge in [-0.25, -0.2) is 0 Å². The van der Waals surface area contributed by atoms with Gasteiger partial charge in [0.05, 0.1) is 24.7 Å². The summed E-state index contributed by atoms with van der Waals surface area (Å²) in [6.45, 7) is 2.16. The second-order valence-electron chi connectivity index (χ2n) is 3.88. The largest absolute Gasteiger partial charge is 0.466 e. The minimum Gasteiger partial charge on any atom is -0.466 e. The Morgan fingerprint density at radius 3 is 2.89 bits per heavy atom. The number of alkyl halides is 1. The molecule has 0 aliphatic rings. The molecule has 4 heteroatoms. The van der Waals surface area contributed by atoms with Crippen molar-refractivity contribution in [1.29, 1.82) is 5.26 Å². The molecule has 0 radical (unpaired) electrons. The van der Waals surface area contributed by atoms with E-state index in [9.17, 15) is 4.79 Å². The normalized spacial score (nSPS) is 9.83. The number of halogens is 1. The number of carbonyl (C=O) groups excluding carboxylic acids is 1. The van der Waals surface area contributed by atoms with Gasteiger partial charge in [-0.05, 0) is 37.0 Å². The molecule has 1 rings (SSSR count). The topological polar surface area (TPSA) is 50.1 Å². The summed E-state index contributed by atoms with van der Waals surface area (Å²) in [5, 5.41) is 9.00. The van der Waals surface area contributed by atoms with Crippen LogP contribution in [0.25, 0.3) is 0 Å². The van der Waals surface area contributed by atoms with Crippen molar-refractivity contribution in [2.45, 2.75) is 26.2 Å². The van der Waals surface area contributed by atoms with Crippen LogP contribution in [0.1, 0.15) is 30.0 Å². The van der Waals surface area contributed by atoms with Gasteiger partial charge in [-0.3, -0.25) is 4.79 Å². The van der Waals surface area contributed by atoms with Gasteiger partial charge in [0, 0.05) is 5.88 Å². The van der Waals surface area contributed by atoms with Gasteiger partial charge in [0.25, 0.3) is 0 Å². The van der Waals surface area contributed by atoms with Crippen LogP contribution < -0.4 is 0 Å². The molecule has 0 saturated heterocycles. The lowest BCUT2D eigenvalue weighted by Gasteiger charge is -2.07. The maximum atomic E-state index is 11.4. The molecular weight excluding hydrogens is 250 g/mol. The smallest absolute Gasteiger partial charge is 0.310 e. The Morgan fingerprint density at radius 2 is 2.28 bits per heavy atom. The van der Waals surface area contributed by atoms with Crippen LogP contribution in [0, 0.1) is 11.3 Å². The molecule has 1 aromatic rings. The fraction of sp³-hybridized carbons (Fsp3) is 0.429. The molecular formula is C14H16ClNO2. The molecule has 96 valence electrons. The summed E-state index contributed by atoms with van der Waals surface area (Å²) in [6, 6.07) is 7.58. The molecule has 0 aliphatic heterocycles. The van der Waals surface area contributed by atoms with E-state index in [1.54, 1.807) is 19.1 Å². The summed E-state index contributed by atoms with van der Waals surface area (Å²) in [6.07, 6.45) is 1.82. The summed E-state index contributed by atoms with van der Waals surface area (Å²) >= 11 is 5.66. The zero-order valence-electron chi connectivity index (χ0n) is 10.4. The number of carbonyl (C=O) groups is 1. The lowest BCUT2D eigenvalue weighted by molar-refractivity contribution is -0.142. The number of benzene rings is 1.